The zero-order chi connectivity index (χ0) is 17.7. The molecule has 0 bridgehead atoms. The summed E-state index contributed by atoms with van der Waals surface area (Å²) in [5.41, 5.74) is 0. The number of aliphatic hydroxyl groups excluding tert-OH is 2. The number of hydrogen-bond donors (Lipinski definition) is 2. The molecule has 0 aromatic carbocycles. The Bertz CT molecular complexity index is 221. The van der Waals surface area contributed by atoms with E-state index in [0.29, 0.717) is 19.7 Å². The largest absolute Gasteiger partial charge is 0.395 e. The molecule has 0 spiro atoms. The van der Waals surface area contributed by atoms with Crippen molar-refractivity contribution in [1.82, 2.24) is 5.06 Å². The van der Waals surface area contributed by atoms with Crippen LogP contribution in [0.25, 0.3) is 0 Å². The van der Waals surface area contributed by atoms with Gasteiger partial charge in [-0.05, 0) is 6.42 Å². The van der Waals surface area contributed by atoms with Crippen molar-refractivity contribution >= 4 is 0 Å². The van der Waals surface area contributed by atoms with Crippen LogP contribution in [0.2, 0.25) is 0 Å². The van der Waals surface area contributed by atoms with Crippen LogP contribution in [0, 0.1) is 0 Å². The summed E-state index contributed by atoms with van der Waals surface area (Å²) in [6.45, 7) is 4.05. The molecule has 0 aliphatic carbocycles. The molecule has 0 saturated heterocycles. The smallest absolute Gasteiger partial charge is 0.0685 e. The summed E-state index contributed by atoms with van der Waals surface area (Å²) in [5, 5.41) is 19.4. The van der Waals surface area contributed by atoms with E-state index in [1.807, 2.05) is 0 Å². The minimum Gasteiger partial charge on any atom is -0.395 e. The lowest BCUT2D eigenvalue weighted by atomic mass is 10.0. The van der Waals surface area contributed by atoms with Gasteiger partial charge in [0, 0.05) is 13.1 Å². The molecule has 0 heterocycles. The summed E-state index contributed by atoms with van der Waals surface area (Å²) in [7, 11) is 0. The number of rotatable bonds is 20. The van der Waals surface area contributed by atoms with E-state index in [0.717, 1.165) is 6.42 Å². The molecule has 0 radical (unpaired) electrons. The van der Waals surface area contributed by atoms with Crippen LogP contribution in [-0.4, -0.2) is 48.2 Å². The van der Waals surface area contributed by atoms with Crippen LogP contribution in [0.4, 0.5) is 0 Å². The van der Waals surface area contributed by atoms with Gasteiger partial charge in [-0.15, -0.1) is 0 Å². The Balaban J connectivity index is 3.14. The Morgan fingerprint density at radius 3 is 1.33 bits per heavy atom. The van der Waals surface area contributed by atoms with Gasteiger partial charge in [-0.1, -0.05) is 90.4 Å². The maximum absolute atomic E-state index is 8.89. The minimum atomic E-state index is 0.0682. The number of hydrogen-bond acceptors (Lipinski definition) is 4. The third-order valence-corrected chi connectivity index (χ3v) is 4.47. The van der Waals surface area contributed by atoms with Crippen molar-refractivity contribution in [2.75, 3.05) is 32.9 Å². The van der Waals surface area contributed by atoms with Gasteiger partial charge in [-0.3, -0.25) is 4.84 Å². The molecule has 4 nitrogen and oxygen atoms in total. The van der Waals surface area contributed by atoms with E-state index in [-0.39, 0.29) is 13.2 Å². The Labute approximate surface area is 150 Å². The van der Waals surface area contributed by atoms with Crippen molar-refractivity contribution in [3.8, 4) is 0 Å². The molecule has 4 heteroatoms. The minimum absolute atomic E-state index is 0.0682. The number of unbranched alkanes of at least 4 members (excludes halogenated alkanes) is 13. The van der Waals surface area contributed by atoms with E-state index >= 15 is 0 Å². The molecule has 0 unspecified atom stereocenters. The van der Waals surface area contributed by atoms with Gasteiger partial charge in [0.1, 0.15) is 0 Å². The van der Waals surface area contributed by atoms with E-state index in [9.17, 15) is 0 Å². The van der Waals surface area contributed by atoms with Crippen LogP contribution in [-0.2, 0) is 4.84 Å². The fraction of sp³-hybridized carbons (Fsp3) is 1.00. The Morgan fingerprint density at radius 1 is 0.583 bits per heavy atom. The Hall–Kier alpha value is -0.160. The van der Waals surface area contributed by atoms with Gasteiger partial charge in [0.15, 0.2) is 0 Å². The summed E-state index contributed by atoms with van der Waals surface area (Å²) in [6.07, 6.45) is 19.0. The predicted octanol–water partition coefficient (Wildman–Crippen LogP) is 4.69. The van der Waals surface area contributed by atoms with Gasteiger partial charge in [0.2, 0.25) is 0 Å². The van der Waals surface area contributed by atoms with Crippen molar-refractivity contribution in [2.45, 2.75) is 96.8 Å². The lowest BCUT2D eigenvalue weighted by Gasteiger charge is -2.19. The normalized spacial score (nSPS) is 11.5. The molecule has 0 rings (SSSR count). The first kappa shape index (κ1) is 23.8. The van der Waals surface area contributed by atoms with Gasteiger partial charge in [0.25, 0.3) is 0 Å². The second-order valence-electron chi connectivity index (χ2n) is 6.81. The van der Waals surface area contributed by atoms with Crippen molar-refractivity contribution in [2.24, 2.45) is 0 Å². The SMILES string of the molecule is CCCCCCCCCCCCCCCCON(CCO)CCO. The number of nitrogens with zero attached hydrogens (tertiary/aromatic N) is 1. The van der Waals surface area contributed by atoms with E-state index in [1.165, 1.54) is 83.5 Å². The standard InChI is InChI=1S/C20H43NO3/c1-2-3-4-5-6-7-8-9-10-11-12-13-14-15-20-24-21(16-18-22)17-19-23/h22-23H,2-20H2,1H3. The highest BCUT2D eigenvalue weighted by molar-refractivity contribution is 4.49. The molecule has 0 saturated carbocycles. The lowest BCUT2D eigenvalue weighted by molar-refractivity contribution is -0.169. The van der Waals surface area contributed by atoms with E-state index in [2.05, 4.69) is 6.92 Å². The maximum Gasteiger partial charge on any atom is 0.0685 e. The summed E-state index contributed by atoms with van der Waals surface area (Å²) in [6, 6.07) is 0. The highest BCUT2D eigenvalue weighted by Gasteiger charge is 2.03. The zero-order valence-electron chi connectivity index (χ0n) is 16.2. The average Bonchev–Trinajstić information content (AvgIpc) is 2.58. The second kappa shape index (κ2) is 20.9. The van der Waals surface area contributed by atoms with Crippen LogP contribution in [0.15, 0.2) is 0 Å². The molecule has 0 atom stereocenters. The fourth-order valence-electron chi connectivity index (χ4n) is 2.95. The van der Waals surface area contributed by atoms with Gasteiger partial charge >= 0.3 is 0 Å². The van der Waals surface area contributed by atoms with Crippen LogP contribution >= 0.6 is 0 Å². The maximum atomic E-state index is 8.89. The van der Waals surface area contributed by atoms with Gasteiger partial charge in [-0.25, -0.2) is 0 Å². The van der Waals surface area contributed by atoms with E-state index in [4.69, 9.17) is 15.1 Å². The van der Waals surface area contributed by atoms with Gasteiger partial charge < -0.3 is 10.2 Å². The van der Waals surface area contributed by atoms with Crippen LogP contribution < -0.4 is 0 Å². The highest BCUT2D eigenvalue weighted by atomic mass is 16.7. The van der Waals surface area contributed by atoms with Crippen LogP contribution in [0.5, 0.6) is 0 Å². The van der Waals surface area contributed by atoms with E-state index in [1.54, 1.807) is 5.06 Å². The fourth-order valence-corrected chi connectivity index (χ4v) is 2.95. The van der Waals surface area contributed by atoms with Gasteiger partial charge in [-0.2, -0.15) is 5.06 Å². The molecule has 0 aromatic rings. The molecule has 0 amide bonds. The molecule has 24 heavy (non-hydrogen) atoms. The molecular formula is C20H43NO3. The first-order chi connectivity index (χ1) is 11.8. The summed E-state index contributed by atoms with van der Waals surface area (Å²) in [4.78, 5) is 5.54. The third-order valence-electron chi connectivity index (χ3n) is 4.47. The molecule has 0 aromatic heterocycles. The van der Waals surface area contributed by atoms with Crippen LogP contribution in [0.3, 0.4) is 0 Å². The Kier molecular flexibility index (Phi) is 20.7. The predicted molar refractivity (Wildman–Crippen MR) is 102 cm³/mol. The third kappa shape index (κ3) is 18.2. The average molecular weight is 346 g/mol. The highest BCUT2D eigenvalue weighted by Crippen LogP contribution is 2.13. The first-order valence-electron chi connectivity index (χ1n) is 10.4. The molecule has 0 aliphatic heterocycles. The van der Waals surface area contributed by atoms with Crippen molar-refractivity contribution in [1.29, 1.82) is 0 Å². The van der Waals surface area contributed by atoms with E-state index < -0.39 is 0 Å². The monoisotopic (exact) mass is 345 g/mol. The first-order valence-corrected chi connectivity index (χ1v) is 10.4. The number of aliphatic hydroxyl groups is 2. The molecule has 0 aliphatic rings. The van der Waals surface area contributed by atoms with Crippen LogP contribution in [0.1, 0.15) is 96.8 Å². The summed E-state index contributed by atoms with van der Waals surface area (Å²) >= 11 is 0. The number of hydroxylamine groups is 2. The summed E-state index contributed by atoms with van der Waals surface area (Å²) < 4.78 is 0. The molecular weight excluding hydrogens is 302 g/mol. The molecule has 0 fully saturated rings. The lowest BCUT2D eigenvalue weighted by Crippen LogP contribution is -2.30. The van der Waals surface area contributed by atoms with Crippen molar-refractivity contribution in [3.63, 3.8) is 0 Å². The molecule has 146 valence electrons. The topological polar surface area (TPSA) is 52.9 Å². The zero-order valence-corrected chi connectivity index (χ0v) is 16.2. The van der Waals surface area contributed by atoms with Crippen molar-refractivity contribution < 1.29 is 15.1 Å². The Morgan fingerprint density at radius 2 is 0.958 bits per heavy atom. The summed E-state index contributed by atoms with van der Waals surface area (Å²) in [5.74, 6) is 0. The van der Waals surface area contributed by atoms with Gasteiger partial charge in [0.05, 0.1) is 19.8 Å². The quantitative estimate of drug-likeness (QED) is 0.248. The molecule has 2 N–H and O–H groups in total. The van der Waals surface area contributed by atoms with Crippen molar-refractivity contribution in [3.05, 3.63) is 0 Å². The second-order valence-corrected chi connectivity index (χ2v) is 6.81.